The lowest BCUT2D eigenvalue weighted by molar-refractivity contribution is -0.128. The van der Waals surface area contributed by atoms with Gasteiger partial charge >= 0.3 is 0 Å². The van der Waals surface area contributed by atoms with Gasteiger partial charge in [-0.25, -0.2) is 0 Å². The van der Waals surface area contributed by atoms with Gasteiger partial charge < -0.3 is 20.3 Å². The number of aryl methyl sites for hydroxylation is 2. The van der Waals surface area contributed by atoms with Gasteiger partial charge in [0.2, 0.25) is 11.8 Å². The normalized spacial score (nSPS) is 17.0. The highest BCUT2D eigenvalue weighted by Crippen LogP contribution is 2.40. The van der Waals surface area contributed by atoms with Crippen molar-refractivity contribution in [3.63, 3.8) is 0 Å². The first kappa shape index (κ1) is 44.6. The summed E-state index contributed by atoms with van der Waals surface area (Å²) >= 11 is 7.91. The van der Waals surface area contributed by atoms with Crippen molar-refractivity contribution in [1.29, 1.82) is 0 Å². The maximum Gasteiger partial charge on any atom is 0.255 e. The third-order valence-corrected chi connectivity index (χ3v) is 13.7. The molecule has 13 nitrogen and oxygen atoms in total. The Morgan fingerprint density at radius 3 is 2.45 bits per heavy atom. The van der Waals surface area contributed by atoms with Crippen molar-refractivity contribution < 1.29 is 28.7 Å². The van der Waals surface area contributed by atoms with Crippen LogP contribution in [-0.4, -0.2) is 67.3 Å². The summed E-state index contributed by atoms with van der Waals surface area (Å²) in [7, 11) is 0. The number of hydrogen-bond acceptors (Lipinski definition) is 10. The van der Waals surface area contributed by atoms with Crippen LogP contribution >= 0.6 is 22.9 Å². The van der Waals surface area contributed by atoms with E-state index in [-0.39, 0.29) is 48.7 Å². The number of nitrogens with zero attached hydrogens (tertiary/aromatic N) is 5. The van der Waals surface area contributed by atoms with Gasteiger partial charge in [-0.1, -0.05) is 66.9 Å². The van der Waals surface area contributed by atoms with Gasteiger partial charge in [0.25, 0.3) is 5.91 Å². The molecule has 2 aliphatic heterocycles. The van der Waals surface area contributed by atoms with E-state index in [4.69, 9.17) is 21.3 Å². The van der Waals surface area contributed by atoms with Crippen LogP contribution in [0.25, 0.3) is 5.00 Å². The monoisotopic (exact) mass is 901 g/mol. The Hall–Kier alpha value is -5.99. The Kier molecular flexibility index (Phi) is 13.8. The Labute approximate surface area is 381 Å². The molecule has 3 aliphatic rings. The quantitative estimate of drug-likeness (QED) is 0.0569. The highest BCUT2D eigenvalue weighted by molar-refractivity contribution is 7.15. The second-order valence-electron chi connectivity index (χ2n) is 16.8. The van der Waals surface area contributed by atoms with Crippen molar-refractivity contribution in [3.8, 4) is 10.8 Å². The molecule has 1 saturated carbocycles. The molecule has 8 rings (SSSR count). The molecule has 3 aromatic carbocycles. The molecule has 5 aromatic rings. The molecule has 0 bridgehead atoms. The second kappa shape index (κ2) is 19.8. The SMILES string of the molecule is Cc1sc2c(c1C)C(c1ccc(Cl)cc1)=NC(CC(=O)NCCCCCCC(=O)NCc1ccc(COc3cccc4c3CN([C@H]3CCCC(=O)CC3=O)C4=O)cc1)c1nnc(C)n1-2. The summed E-state index contributed by atoms with van der Waals surface area (Å²) in [5.74, 6) is 1.42. The van der Waals surface area contributed by atoms with Gasteiger partial charge in [0.05, 0.1) is 31.1 Å². The molecule has 64 heavy (non-hydrogen) atoms. The van der Waals surface area contributed by atoms with Crippen LogP contribution < -0.4 is 15.4 Å². The first-order chi connectivity index (χ1) is 30.9. The van der Waals surface area contributed by atoms with E-state index in [1.807, 2.05) is 66.1 Å². The lowest BCUT2D eigenvalue weighted by Gasteiger charge is -2.25. The number of halogens is 1. The lowest BCUT2D eigenvalue weighted by Crippen LogP contribution is -2.41. The average Bonchev–Trinajstić information content (AvgIpc) is 3.85. The molecule has 3 amide bonds. The number of rotatable bonds is 16. The molecule has 0 spiro atoms. The maximum atomic E-state index is 13.3. The van der Waals surface area contributed by atoms with E-state index in [9.17, 15) is 24.0 Å². The number of carbonyl (C=O) groups is 5. The molecular formula is C49H52ClN7O6S. The van der Waals surface area contributed by atoms with Crippen LogP contribution in [0.4, 0.5) is 0 Å². The maximum absolute atomic E-state index is 13.3. The number of aliphatic imine (C=N–C) groups is 1. The number of amides is 3. The predicted molar refractivity (Wildman–Crippen MR) is 245 cm³/mol. The van der Waals surface area contributed by atoms with Crippen LogP contribution in [0.5, 0.6) is 5.75 Å². The van der Waals surface area contributed by atoms with E-state index < -0.39 is 12.1 Å². The fourth-order valence-electron chi connectivity index (χ4n) is 8.67. The average molecular weight is 903 g/mol. The first-order valence-corrected chi connectivity index (χ1v) is 23.2. The smallest absolute Gasteiger partial charge is 0.255 e. The topological polar surface area (TPSA) is 165 Å². The minimum Gasteiger partial charge on any atom is -0.489 e. The molecule has 2 N–H and O–H groups in total. The van der Waals surface area contributed by atoms with Gasteiger partial charge in [0.15, 0.2) is 11.6 Å². The Morgan fingerprint density at radius 1 is 0.891 bits per heavy atom. The van der Waals surface area contributed by atoms with Crippen LogP contribution in [-0.2, 0) is 38.9 Å². The third-order valence-electron chi connectivity index (χ3n) is 12.3. The number of Topliss-reactive ketones (excluding diaryl/α,β-unsaturated/α-hetero) is 2. The van der Waals surface area contributed by atoms with Gasteiger partial charge in [-0.3, -0.25) is 33.5 Å². The Morgan fingerprint density at radius 2 is 1.66 bits per heavy atom. The molecule has 1 fully saturated rings. The van der Waals surface area contributed by atoms with Gasteiger partial charge in [0.1, 0.15) is 35.0 Å². The molecule has 1 aliphatic carbocycles. The van der Waals surface area contributed by atoms with Crippen molar-refractivity contribution in [2.45, 2.75) is 117 Å². The van der Waals surface area contributed by atoms with Crippen molar-refractivity contribution in [2.24, 2.45) is 4.99 Å². The van der Waals surface area contributed by atoms with Crippen molar-refractivity contribution in [1.82, 2.24) is 30.3 Å². The molecule has 2 atom stereocenters. The van der Waals surface area contributed by atoms with Crippen molar-refractivity contribution in [2.75, 3.05) is 6.54 Å². The van der Waals surface area contributed by atoms with Crippen LogP contribution in [0.2, 0.25) is 5.02 Å². The van der Waals surface area contributed by atoms with Crippen molar-refractivity contribution >= 4 is 57.9 Å². The van der Waals surface area contributed by atoms with Crippen LogP contribution in [0.15, 0.2) is 71.7 Å². The summed E-state index contributed by atoms with van der Waals surface area (Å²) in [6, 6.07) is 19.7. The lowest BCUT2D eigenvalue weighted by atomic mass is 9.99. The van der Waals surface area contributed by atoms with E-state index in [0.29, 0.717) is 67.5 Å². The second-order valence-corrected chi connectivity index (χ2v) is 18.4. The minimum atomic E-state index is -0.587. The third kappa shape index (κ3) is 9.88. The van der Waals surface area contributed by atoms with E-state index in [1.54, 1.807) is 28.4 Å². The fourth-order valence-corrected chi connectivity index (χ4v) is 10.0. The van der Waals surface area contributed by atoms with E-state index in [0.717, 1.165) is 75.6 Å². The fraction of sp³-hybridized carbons (Fsp3) is 0.388. The number of fused-ring (bicyclic) bond motifs is 4. The number of unbranched alkanes of at least 4 members (excludes halogenated alkanes) is 3. The first-order valence-electron chi connectivity index (χ1n) is 22.0. The number of ketones is 2. The van der Waals surface area contributed by atoms with Gasteiger partial charge in [-0.2, -0.15) is 0 Å². The number of benzene rings is 3. The summed E-state index contributed by atoms with van der Waals surface area (Å²) in [6.45, 7) is 7.63. The van der Waals surface area contributed by atoms with E-state index in [1.165, 1.54) is 4.88 Å². The van der Waals surface area contributed by atoms with E-state index >= 15 is 0 Å². The van der Waals surface area contributed by atoms with Crippen LogP contribution in [0, 0.1) is 20.8 Å². The summed E-state index contributed by atoms with van der Waals surface area (Å²) in [6.07, 6.45) is 5.21. The number of ether oxygens (including phenoxy) is 1. The molecule has 4 heterocycles. The molecule has 0 saturated heterocycles. The molecule has 2 aromatic heterocycles. The molecule has 0 radical (unpaired) electrons. The standard InChI is InChI=1S/C49H52ClN7O6S/c1-29-30(2)64-49-45(29)46(34-19-21-35(50)22-20-34)53-39(47-55-54-31(3)57(47)49)25-44(61)51-23-7-5-4-6-14-43(60)52-26-32-15-17-33(18-16-32)28-63-42-13-9-11-37-38(42)27-56(48(37)62)40-12-8-10-36(58)24-41(40)59/h9,11,13,15-22,39-40H,4-8,10,12,14,23-28H2,1-3H3,(H,51,61)(H,52,60)/t39?,40-/m0/s1. The van der Waals surface area contributed by atoms with Gasteiger partial charge in [-0.05, 0) is 87.4 Å². The van der Waals surface area contributed by atoms with Gasteiger partial charge in [0, 0.05) is 58.1 Å². The van der Waals surface area contributed by atoms with Gasteiger partial charge in [-0.15, -0.1) is 21.5 Å². The van der Waals surface area contributed by atoms with Crippen molar-refractivity contribution in [3.05, 3.63) is 127 Å². The summed E-state index contributed by atoms with van der Waals surface area (Å²) in [4.78, 5) is 72.0. The Balaban J connectivity index is 0.746. The van der Waals surface area contributed by atoms with Crippen LogP contribution in [0.3, 0.4) is 0 Å². The predicted octanol–water partition coefficient (Wildman–Crippen LogP) is 8.19. The molecule has 15 heteroatoms. The molecule has 1 unspecified atom stereocenters. The summed E-state index contributed by atoms with van der Waals surface area (Å²) < 4.78 is 8.22. The zero-order chi connectivity index (χ0) is 44.9. The number of carbonyl (C=O) groups excluding carboxylic acids is 5. The number of nitrogens with one attached hydrogen (secondary N) is 2. The molecule has 332 valence electrons. The number of hydrogen-bond donors (Lipinski definition) is 2. The minimum absolute atomic E-state index is 0.0101. The number of aromatic nitrogens is 3. The summed E-state index contributed by atoms with van der Waals surface area (Å²) in [5.41, 5.74) is 7.09. The zero-order valence-electron chi connectivity index (χ0n) is 36.4. The van der Waals surface area contributed by atoms with Crippen LogP contribution in [0.1, 0.15) is 131 Å². The summed E-state index contributed by atoms with van der Waals surface area (Å²) in [5, 5.41) is 16.6. The highest BCUT2D eigenvalue weighted by Gasteiger charge is 2.39. The van der Waals surface area contributed by atoms with E-state index in [2.05, 4.69) is 34.7 Å². The Bertz CT molecular complexity index is 2620. The highest BCUT2D eigenvalue weighted by atomic mass is 35.5. The number of thiophene rings is 1. The zero-order valence-corrected chi connectivity index (χ0v) is 37.9. The largest absolute Gasteiger partial charge is 0.489 e. The molecular weight excluding hydrogens is 850 g/mol.